The van der Waals surface area contributed by atoms with Crippen LogP contribution in [0.4, 0.5) is 0 Å². The second kappa shape index (κ2) is 4.30. The maximum atomic E-state index is 11.3. The Balaban J connectivity index is 2.37. The molecule has 2 nitrogen and oxygen atoms in total. The second-order valence-electron chi connectivity index (χ2n) is 3.79. The van der Waals surface area contributed by atoms with Crippen molar-refractivity contribution in [3.8, 4) is 0 Å². The SMILES string of the molecule is CNC(=O)C=C1CCCc2ccccc21. The number of likely N-dealkylation sites (N-methyl/N-ethyl adjacent to an activating group) is 1. The summed E-state index contributed by atoms with van der Waals surface area (Å²) in [6.07, 6.45) is 4.99. The highest BCUT2D eigenvalue weighted by molar-refractivity contribution is 5.95. The number of aryl methyl sites for hydroxylation is 1. The Morgan fingerprint density at radius 1 is 1.33 bits per heavy atom. The van der Waals surface area contributed by atoms with Crippen molar-refractivity contribution in [2.75, 3.05) is 7.05 Å². The standard InChI is InChI=1S/C13H15NO/c1-14-13(15)9-11-7-4-6-10-5-2-3-8-12(10)11/h2-3,5,8-9H,4,6-7H2,1H3,(H,14,15). The van der Waals surface area contributed by atoms with Gasteiger partial charge in [-0.05, 0) is 36.0 Å². The summed E-state index contributed by atoms with van der Waals surface area (Å²) in [5, 5.41) is 2.63. The van der Waals surface area contributed by atoms with Gasteiger partial charge in [-0.1, -0.05) is 24.3 Å². The van der Waals surface area contributed by atoms with Crippen LogP contribution in [0.1, 0.15) is 24.0 Å². The van der Waals surface area contributed by atoms with Crippen LogP contribution in [-0.2, 0) is 11.2 Å². The summed E-state index contributed by atoms with van der Waals surface area (Å²) >= 11 is 0. The van der Waals surface area contributed by atoms with Crippen molar-refractivity contribution in [3.63, 3.8) is 0 Å². The number of allylic oxidation sites excluding steroid dienone is 1. The van der Waals surface area contributed by atoms with Crippen LogP contribution < -0.4 is 5.32 Å². The molecule has 0 bridgehead atoms. The van der Waals surface area contributed by atoms with Gasteiger partial charge >= 0.3 is 0 Å². The summed E-state index contributed by atoms with van der Waals surface area (Å²) < 4.78 is 0. The van der Waals surface area contributed by atoms with E-state index >= 15 is 0 Å². The molecule has 1 aliphatic rings. The van der Waals surface area contributed by atoms with Gasteiger partial charge in [-0.3, -0.25) is 4.79 Å². The van der Waals surface area contributed by atoms with Crippen molar-refractivity contribution in [2.24, 2.45) is 0 Å². The van der Waals surface area contributed by atoms with Crippen molar-refractivity contribution >= 4 is 11.5 Å². The molecule has 0 unspecified atom stereocenters. The lowest BCUT2D eigenvalue weighted by molar-refractivity contribution is -0.116. The van der Waals surface area contributed by atoms with E-state index in [-0.39, 0.29) is 5.91 Å². The quantitative estimate of drug-likeness (QED) is 0.693. The summed E-state index contributed by atoms with van der Waals surface area (Å²) in [5.74, 6) is -0.0123. The average Bonchev–Trinajstić information content (AvgIpc) is 2.29. The minimum Gasteiger partial charge on any atom is -0.356 e. The fraction of sp³-hybridized carbons (Fsp3) is 0.308. The molecule has 0 saturated heterocycles. The van der Waals surface area contributed by atoms with Gasteiger partial charge in [0.2, 0.25) is 5.91 Å². The molecule has 0 saturated carbocycles. The number of benzene rings is 1. The van der Waals surface area contributed by atoms with Crippen LogP contribution in [0, 0.1) is 0 Å². The minimum atomic E-state index is -0.0123. The molecule has 78 valence electrons. The number of fused-ring (bicyclic) bond motifs is 1. The highest BCUT2D eigenvalue weighted by Gasteiger charge is 2.13. The zero-order valence-corrected chi connectivity index (χ0v) is 8.92. The van der Waals surface area contributed by atoms with Crippen molar-refractivity contribution in [1.29, 1.82) is 0 Å². The molecule has 0 fully saturated rings. The number of amides is 1. The summed E-state index contributed by atoms with van der Waals surface area (Å²) in [5.41, 5.74) is 3.77. The smallest absolute Gasteiger partial charge is 0.244 e. The fourth-order valence-electron chi connectivity index (χ4n) is 2.04. The molecule has 2 heteroatoms. The van der Waals surface area contributed by atoms with E-state index < -0.39 is 0 Å². The van der Waals surface area contributed by atoms with Crippen LogP contribution in [0.5, 0.6) is 0 Å². The van der Waals surface area contributed by atoms with E-state index in [4.69, 9.17) is 0 Å². The topological polar surface area (TPSA) is 29.1 Å². The molecule has 1 aromatic carbocycles. The first-order chi connectivity index (χ1) is 7.31. The van der Waals surface area contributed by atoms with E-state index in [1.165, 1.54) is 11.1 Å². The fourth-order valence-corrected chi connectivity index (χ4v) is 2.04. The van der Waals surface area contributed by atoms with Gasteiger partial charge in [0, 0.05) is 13.1 Å². The third-order valence-electron chi connectivity index (χ3n) is 2.81. The first kappa shape index (κ1) is 9.97. The molecule has 15 heavy (non-hydrogen) atoms. The van der Waals surface area contributed by atoms with E-state index in [1.54, 1.807) is 13.1 Å². The van der Waals surface area contributed by atoms with E-state index in [0.29, 0.717) is 0 Å². The minimum absolute atomic E-state index is 0.0123. The van der Waals surface area contributed by atoms with Gasteiger partial charge in [0.05, 0.1) is 0 Å². The van der Waals surface area contributed by atoms with Crippen molar-refractivity contribution in [3.05, 3.63) is 41.5 Å². The summed E-state index contributed by atoms with van der Waals surface area (Å²) in [6.45, 7) is 0. The van der Waals surface area contributed by atoms with Crippen LogP contribution >= 0.6 is 0 Å². The Labute approximate surface area is 90.0 Å². The highest BCUT2D eigenvalue weighted by atomic mass is 16.1. The molecular formula is C13H15NO. The Morgan fingerprint density at radius 3 is 2.93 bits per heavy atom. The molecule has 0 atom stereocenters. The molecule has 0 radical (unpaired) electrons. The van der Waals surface area contributed by atoms with Crippen LogP contribution in [0.3, 0.4) is 0 Å². The molecule has 1 N–H and O–H groups in total. The highest BCUT2D eigenvalue weighted by Crippen LogP contribution is 2.30. The number of hydrogen-bond donors (Lipinski definition) is 1. The zero-order valence-electron chi connectivity index (χ0n) is 8.92. The van der Waals surface area contributed by atoms with Crippen LogP contribution in [0.2, 0.25) is 0 Å². The summed E-state index contributed by atoms with van der Waals surface area (Å²) in [4.78, 5) is 11.3. The predicted molar refractivity (Wildman–Crippen MR) is 61.4 cm³/mol. The molecule has 0 aromatic heterocycles. The van der Waals surface area contributed by atoms with Gasteiger partial charge in [0.1, 0.15) is 0 Å². The average molecular weight is 201 g/mol. The molecule has 0 heterocycles. The van der Waals surface area contributed by atoms with E-state index in [0.717, 1.165) is 24.8 Å². The normalized spacial score (nSPS) is 17.3. The molecule has 0 aliphatic heterocycles. The van der Waals surface area contributed by atoms with E-state index in [1.807, 2.05) is 6.07 Å². The first-order valence-electron chi connectivity index (χ1n) is 5.32. The van der Waals surface area contributed by atoms with Crippen molar-refractivity contribution < 1.29 is 4.79 Å². The lowest BCUT2D eigenvalue weighted by Gasteiger charge is -2.18. The Morgan fingerprint density at radius 2 is 2.13 bits per heavy atom. The van der Waals surface area contributed by atoms with Gasteiger partial charge in [0.25, 0.3) is 0 Å². The first-order valence-corrected chi connectivity index (χ1v) is 5.32. The second-order valence-corrected chi connectivity index (χ2v) is 3.79. The number of hydrogen-bond acceptors (Lipinski definition) is 1. The van der Waals surface area contributed by atoms with Gasteiger partial charge in [-0.25, -0.2) is 0 Å². The van der Waals surface area contributed by atoms with Gasteiger partial charge < -0.3 is 5.32 Å². The monoisotopic (exact) mass is 201 g/mol. The lowest BCUT2D eigenvalue weighted by Crippen LogP contribution is -2.15. The Kier molecular flexibility index (Phi) is 2.86. The number of carbonyl (C=O) groups is 1. The molecule has 2 rings (SSSR count). The van der Waals surface area contributed by atoms with E-state index in [9.17, 15) is 4.79 Å². The molecule has 0 spiro atoms. The third kappa shape index (κ3) is 2.09. The molecule has 1 aromatic rings. The number of nitrogens with one attached hydrogen (secondary N) is 1. The van der Waals surface area contributed by atoms with E-state index in [2.05, 4.69) is 23.5 Å². The van der Waals surface area contributed by atoms with Gasteiger partial charge in [0.15, 0.2) is 0 Å². The van der Waals surface area contributed by atoms with Gasteiger partial charge in [-0.2, -0.15) is 0 Å². The van der Waals surface area contributed by atoms with Crippen molar-refractivity contribution in [1.82, 2.24) is 5.32 Å². The predicted octanol–water partition coefficient (Wildman–Crippen LogP) is 2.15. The van der Waals surface area contributed by atoms with Crippen LogP contribution in [-0.4, -0.2) is 13.0 Å². The molecular weight excluding hydrogens is 186 g/mol. The summed E-state index contributed by atoms with van der Waals surface area (Å²) in [6, 6.07) is 8.33. The molecule has 1 aliphatic carbocycles. The Hall–Kier alpha value is -1.57. The Bertz CT molecular complexity index is 407. The van der Waals surface area contributed by atoms with Crippen LogP contribution in [0.15, 0.2) is 30.3 Å². The lowest BCUT2D eigenvalue weighted by atomic mass is 9.87. The maximum absolute atomic E-state index is 11.3. The van der Waals surface area contributed by atoms with Crippen molar-refractivity contribution in [2.45, 2.75) is 19.3 Å². The molecule has 1 amide bonds. The van der Waals surface area contributed by atoms with Gasteiger partial charge in [-0.15, -0.1) is 0 Å². The summed E-state index contributed by atoms with van der Waals surface area (Å²) in [7, 11) is 1.66. The zero-order chi connectivity index (χ0) is 10.7. The largest absolute Gasteiger partial charge is 0.356 e. The third-order valence-corrected chi connectivity index (χ3v) is 2.81. The number of carbonyl (C=O) groups excluding carboxylic acids is 1. The number of rotatable bonds is 1. The maximum Gasteiger partial charge on any atom is 0.244 e. The van der Waals surface area contributed by atoms with Crippen LogP contribution in [0.25, 0.3) is 5.57 Å².